The van der Waals surface area contributed by atoms with Crippen molar-refractivity contribution in [3.8, 4) is 6.07 Å². The molecular formula is C14H19N3. The summed E-state index contributed by atoms with van der Waals surface area (Å²) in [6.45, 7) is 3.08. The second-order valence-electron chi connectivity index (χ2n) is 4.71. The van der Waals surface area contributed by atoms with Crippen molar-refractivity contribution in [2.24, 2.45) is 0 Å². The molecule has 0 bridgehead atoms. The quantitative estimate of drug-likeness (QED) is 0.800. The second kappa shape index (κ2) is 5.18. The lowest BCUT2D eigenvalue weighted by Gasteiger charge is -2.22. The summed E-state index contributed by atoms with van der Waals surface area (Å²) < 4.78 is 0. The molecule has 0 aromatic carbocycles. The number of hydrogen-bond donors (Lipinski definition) is 0. The van der Waals surface area contributed by atoms with E-state index in [9.17, 15) is 5.26 Å². The van der Waals surface area contributed by atoms with Crippen LogP contribution in [-0.4, -0.2) is 18.6 Å². The Hall–Kier alpha value is -1.56. The Morgan fingerprint density at radius 3 is 2.88 bits per heavy atom. The van der Waals surface area contributed by atoms with E-state index in [4.69, 9.17) is 4.98 Å². The van der Waals surface area contributed by atoms with E-state index >= 15 is 0 Å². The van der Waals surface area contributed by atoms with Gasteiger partial charge in [-0.15, -0.1) is 0 Å². The van der Waals surface area contributed by atoms with Crippen LogP contribution in [0.1, 0.15) is 43.0 Å². The average Bonchev–Trinajstić information content (AvgIpc) is 2.37. The van der Waals surface area contributed by atoms with Gasteiger partial charge in [-0.05, 0) is 43.7 Å². The van der Waals surface area contributed by atoms with Crippen LogP contribution >= 0.6 is 0 Å². The molecule has 1 aliphatic rings. The van der Waals surface area contributed by atoms with Crippen molar-refractivity contribution in [1.29, 1.82) is 5.26 Å². The van der Waals surface area contributed by atoms with Crippen molar-refractivity contribution >= 4 is 5.82 Å². The molecule has 17 heavy (non-hydrogen) atoms. The van der Waals surface area contributed by atoms with Crippen LogP contribution in [0.3, 0.4) is 0 Å². The molecule has 0 atom stereocenters. The van der Waals surface area contributed by atoms with E-state index in [-0.39, 0.29) is 0 Å². The topological polar surface area (TPSA) is 39.9 Å². The van der Waals surface area contributed by atoms with Crippen molar-refractivity contribution in [3.05, 3.63) is 22.9 Å². The van der Waals surface area contributed by atoms with Gasteiger partial charge in [-0.2, -0.15) is 5.26 Å². The molecule has 0 N–H and O–H groups in total. The first-order valence-corrected chi connectivity index (χ1v) is 6.40. The monoisotopic (exact) mass is 229 g/mol. The van der Waals surface area contributed by atoms with Crippen molar-refractivity contribution in [1.82, 2.24) is 4.98 Å². The Kier molecular flexibility index (Phi) is 3.63. The second-order valence-corrected chi connectivity index (χ2v) is 4.71. The SMILES string of the molecule is CCCN(C)c1nc2c(cc1C#N)CCCC2. The van der Waals surface area contributed by atoms with Crippen molar-refractivity contribution in [2.75, 3.05) is 18.5 Å². The molecule has 1 aromatic rings. The minimum absolute atomic E-state index is 0.724. The predicted octanol–water partition coefficient (Wildman–Crippen LogP) is 2.68. The number of aryl methyl sites for hydroxylation is 2. The summed E-state index contributed by atoms with van der Waals surface area (Å²) in [5.74, 6) is 0.856. The van der Waals surface area contributed by atoms with Crippen LogP contribution in [0.2, 0.25) is 0 Å². The molecule has 0 fully saturated rings. The minimum atomic E-state index is 0.724. The van der Waals surface area contributed by atoms with E-state index in [1.807, 2.05) is 13.1 Å². The lowest BCUT2D eigenvalue weighted by molar-refractivity contribution is 0.665. The van der Waals surface area contributed by atoms with Crippen molar-refractivity contribution in [3.63, 3.8) is 0 Å². The highest BCUT2D eigenvalue weighted by atomic mass is 15.2. The fourth-order valence-electron chi connectivity index (χ4n) is 2.44. The van der Waals surface area contributed by atoms with Gasteiger partial charge in [0, 0.05) is 19.3 Å². The normalized spacial score (nSPS) is 13.9. The zero-order valence-electron chi connectivity index (χ0n) is 10.7. The van der Waals surface area contributed by atoms with Crippen LogP contribution in [0, 0.1) is 11.3 Å². The molecule has 0 unspecified atom stereocenters. The number of rotatable bonds is 3. The summed E-state index contributed by atoms with van der Waals surface area (Å²) in [7, 11) is 2.02. The number of pyridine rings is 1. The van der Waals surface area contributed by atoms with E-state index in [0.717, 1.165) is 37.2 Å². The first-order chi connectivity index (χ1) is 8.26. The van der Waals surface area contributed by atoms with E-state index in [1.54, 1.807) is 0 Å². The smallest absolute Gasteiger partial charge is 0.146 e. The third-order valence-corrected chi connectivity index (χ3v) is 3.32. The maximum atomic E-state index is 9.22. The highest BCUT2D eigenvalue weighted by molar-refractivity contribution is 5.56. The third kappa shape index (κ3) is 2.41. The summed E-state index contributed by atoms with van der Waals surface area (Å²) in [6.07, 6.45) is 5.66. The van der Waals surface area contributed by atoms with Gasteiger partial charge in [0.2, 0.25) is 0 Å². The van der Waals surface area contributed by atoms with Crippen LogP contribution in [0.4, 0.5) is 5.82 Å². The number of aromatic nitrogens is 1. The fraction of sp³-hybridized carbons (Fsp3) is 0.571. The largest absolute Gasteiger partial charge is 0.359 e. The van der Waals surface area contributed by atoms with Gasteiger partial charge in [0.25, 0.3) is 0 Å². The van der Waals surface area contributed by atoms with Crippen LogP contribution < -0.4 is 4.90 Å². The predicted molar refractivity (Wildman–Crippen MR) is 69.2 cm³/mol. The van der Waals surface area contributed by atoms with Gasteiger partial charge in [-0.3, -0.25) is 0 Å². The summed E-state index contributed by atoms with van der Waals surface area (Å²) in [5, 5.41) is 9.22. The van der Waals surface area contributed by atoms with Gasteiger partial charge in [0.05, 0.1) is 5.56 Å². The highest BCUT2D eigenvalue weighted by Gasteiger charge is 2.16. The Morgan fingerprint density at radius 1 is 1.41 bits per heavy atom. The van der Waals surface area contributed by atoms with E-state index in [2.05, 4.69) is 17.9 Å². The molecule has 2 rings (SSSR count). The van der Waals surface area contributed by atoms with E-state index in [1.165, 1.54) is 24.1 Å². The number of anilines is 1. The number of nitrogens with zero attached hydrogens (tertiary/aromatic N) is 3. The molecule has 0 saturated heterocycles. The van der Waals surface area contributed by atoms with Gasteiger partial charge in [-0.25, -0.2) is 4.98 Å². The maximum absolute atomic E-state index is 9.22. The zero-order chi connectivity index (χ0) is 12.3. The molecule has 3 nitrogen and oxygen atoms in total. The summed E-state index contributed by atoms with van der Waals surface area (Å²) in [5.41, 5.74) is 3.20. The standard InChI is InChI=1S/C14H19N3/c1-3-8-17(2)14-12(10-15)9-11-6-4-5-7-13(11)16-14/h9H,3-8H2,1-2H3. The molecule has 90 valence electrons. The number of fused-ring (bicyclic) bond motifs is 1. The summed E-state index contributed by atoms with van der Waals surface area (Å²) in [4.78, 5) is 6.80. The number of hydrogen-bond acceptors (Lipinski definition) is 3. The Balaban J connectivity index is 2.40. The van der Waals surface area contributed by atoms with Gasteiger partial charge < -0.3 is 4.90 Å². The molecule has 1 aliphatic carbocycles. The lowest BCUT2D eigenvalue weighted by atomic mass is 9.95. The van der Waals surface area contributed by atoms with Crippen molar-refractivity contribution in [2.45, 2.75) is 39.0 Å². The zero-order valence-corrected chi connectivity index (χ0v) is 10.7. The highest BCUT2D eigenvalue weighted by Crippen LogP contribution is 2.25. The summed E-state index contributed by atoms with van der Waals surface area (Å²) in [6, 6.07) is 4.33. The fourth-order valence-corrected chi connectivity index (χ4v) is 2.44. The lowest BCUT2D eigenvalue weighted by Crippen LogP contribution is -2.22. The van der Waals surface area contributed by atoms with Crippen LogP contribution in [0.25, 0.3) is 0 Å². The van der Waals surface area contributed by atoms with E-state index in [0.29, 0.717) is 0 Å². The van der Waals surface area contributed by atoms with Crippen LogP contribution in [0.15, 0.2) is 6.07 Å². The van der Waals surface area contributed by atoms with Gasteiger partial charge in [0.15, 0.2) is 0 Å². The first-order valence-electron chi connectivity index (χ1n) is 6.40. The molecule has 1 aromatic heterocycles. The molecule has 0 radical (unpaired) electrons. The van der Waals surface area contributed by atoms with E-state index < -0.39 is 0 Å². The average molecular weight is 229 g/mol. The molecular weight excluding hydrogens is 210 g/mol. The summed E-state index contributed by atoms with van der Waals surface area (Å²) >= 11 is 0. The molecule has 0 aliphatic heterocycles. The molecule has 0 saturated carbocycles. The third-order valence-electron chi connectivity index (χ3n) is 3.32. The van der Waals surface area contributed by atoms with Crippen LogP contribution in [-0.2, 0) is 12.8 Å². The Labute approximate surface area is 103 Å². The molecule has 1 heterocycles. The molecule has 0 spiro atoms. The van der Waals surface area contributed by atoms with Crippen molar-refractivity contribution < 1.29 is 0 Å². The maximum Gasteiger partial charge on any atom is 0.146 e. The van der Waals surface area contributed by atoms with Gasteiger partial charge in [-0.1, -0.05) is 6.92 Å². The molecule has 3 heteroatoms. The molecule has 0 amide bonds. The van der Waals surface area contributed by atoms with Gasteiger partial charge >= 0.3 is 0 Å². The van der Waals surface area contributed by atoms with Gasteiger partial charge in [0.1, 0.15) is 11.9 Å². The minimum Gasteiger partial charge on any atom is -0.359 e. The first kappa shape index (κ1) is 11.9. The Morgan fingerprint density at radius 2 is 2.18 bits per heavy atom. The number of nitriles is 1. The Bertz CT molecular complexity index is 446. The van der Waals surface area contributed by atoms with Crippen LogP contribution in [0.5, 0.6) is 0 Å².